The van der Waals surface area contributed by atoms with Gasteiger partial charge in [-0.1, -0.05) is 77.4 Å². The first-order valence-electron chi connectivity index (χ1n) is 10.4. The van der Waals surface area contributed by atoms with Crippen molar-refractivity contribution in [1.29, 1.82) is 0 Å². The van der Waals surface area contributed by atoms with Crippen LogP contribution in [0.15, 0.2) is 83.4 Å². The van der Waals surface area contributed by atoms with Gasteiger partial charge in [-0.2, -0.15) is 4.98 Å². The predicted molar refractivity (Wildman–Crippen MR) is 124 cm³/mol. The summed E-state index contributed by atoms with van der Waals surface area (Å²) in [6, 6.07) is 26.1. The second kappa shape index (κ2) is 8.94. The van der Waals surface area contributed by atoms with Gasteiger partial charge < -0.3 is 9.51 Å². The molecule has 6 nitrogen and oxygen atoms in total. The van der Waals surface area contributed by atoms with Gasteiger partial charge in [0, 0.05) is 5.02 Å². The lowest BCUT2D eigenvalue weighted by molar-refractivity contribution is 0.256. The molecule has 32 heavy (non-hydrogen) atoms. The zero-order valence-electron chi connectivity index (χ0n) is 17.6. The summed E-state index contributed by atoms with van der Waals surface area (Å²) in [4.78, 5) is 14.8. The quantitative estimate of drug-likeness (QED) is 0.364. The molecule has 0 spiro atoms. The molecule has 0 saturated carbocycles. The number of hydrogen-bond donors (Lipinski definition) is 1. The second-order valence-corrected chi connectivity index (χ2v) is 8.25. The van der Waals surface area contributed by atoms with Crippen molar-refractivity contribution >= 4 is 22.6 Å². The smallest absolute Gasteiger partial charge is 0.240 e. The number of aromatic nitrogens is 4. The van der Waals surface area contributed by atoms with E-state index in [4.69, 9.17) is 21.1 Å². The number of hydrogen-bond acceptors (Lipinski definition) is 5. The molecule has 2 heterocycles. The molecule has 0 bridgehead atoms. The Balaban J connectivity index is 1.34. The van der Waals surface area contributed by atoms with Crippen molar-refractivity contribution in [2.45, 2.75) is 19.0 Å². The molecule has 5 rings (SSSR count). The molecule has 1 N–H and O–H groups in total. The fourth-order valence-electron chi connectivity index (χ4n) is 3.88. The van der Waals surface area contributed by atoms with Gasteiger partial charge in [-0.3, -0.25) is 4.90 Å². The maximum absolute atomic E-state index is 6.07. The third-order valence-corrected chi connectivity index (χ3v) is 5.56. The molecule has 0 radical (unpaired) electrons. The number of fused-ring (bicyclic) bond motifs is 1. The van der Waals surface area contributed by atoms with E-state index in [0.29, 0.717) is 29.8 Å². The Morgan fingerprint density at radius 3 is 2.28 bits per heavy atom. The van der Waals surface area contributed by atoms with Crippen molar-refractivity contribution in [3.8, 4) is 0 Å². The molecule has 0 amide bonds. The fourth-order valence-corrected chi connectivity index (χ4v) is 4.06. The average molecular weight is 444 g/mol. The van der Waals surface area contributed by atoms with Crippen molar-refractivity contribution < 1.29 is 4.52 Å². The Labute approximate surface area is 190 Å². The monoisotopic (exact) mass is 443 g/mol. The van der Waals surface area contributed by atoms with Gasteiger partial charge in [0.1, 0.15) is 5.82 Å². The van der Waals surface area contributed by atoms with Crippen molar-refractivity contribution in [1.82, 2.24) is 25.0 Å². The summed E-state index contributed by atoms with van der Waals surface area (Å²) in [5.74, 6) is 2.00. The van der Waals surface area contributed by atoms with Gasteiger partial charge in [-0.05, 0) is 36.4 Å². The van der Waals surface area contributed by atoms with Crippen molar-refractivity contribution in [2.24, 2.45) is 0 Å². The Kier molecular flexibility index (Phi) is 5.71. The van der Waals surface area contributed by atoms with Crippen LogP contribution in [0.5, 0.6) is 0 Å². The first kappa shape index (κ1) is 20.4. The number of benzene rings is 3. The van der Waals surface area contributed by atoms with Crippen LogP contribution in [-0.4, -0.2) is 32.1 Å². The van der Waals surface area contributed by atoms with E-state index in [0.717, 1.165) is 28.0 Å². The van der Waals surface area contributed by atoms with Crippen LogP contribution in [0.3, 0.4) is 0 Å². The second-order valence-electron chi connectivity index (χ2n) is 7.82. The van der Waals surface area contributed by atoms with E-state index in [1.807, 2.05) is 61.6 Å². The number of nitrogens with one attached hydrogen (secondary N) is 1. The van der Waals surface area contributed by atoms with Crippen LogP contribution in [0.1, 0.15) is 34.6 Å². The lowest BCUT2D eigenvalue weighted by Crippen LogP contribution is -2.18. The summed E-state index contributed by atoms with van der Waals surface area (Å²) in [5.41, 5.74) is 4.07. The van der Waals surface area contributed by atoms with E-state index in [9.17, 15) is 0 Å². The summed E-state index contributed by atoms with van der Waals surface area (Å²) in [7, 11) is 2.00. The number of nitrogens with zero attached hydrogens (tertiary/aromatic N) is 4. The fraction of sp³-hybridized carbons (Fsp3) is 0.160. The van der Waals surface area contributed by atoms with Crippen LogP contribution in [0.4, 0.5) is 0 Å². The zero-order chi connectivity index (χ0) is 21.9. The van der Waals surface area contributed by atoms with E-state index < -0.39 is 0 Å². The van der Waals surface area contributed by atoms with Crippen molar-refractivity contribution in [2.75, 3.05) is 7.05 Å². The third-order valence-electron chi connectivity index (χ3n) is 5.33. The molecule has 0 saturated heterocycles. The highest BCUT2D eigenvalue weighted by Crippen LogP contribution is 2.30. The summed E-state index contributed by atoms with van der Waals surface area (Å²) in [6.45, 7) is 1.13. The van der Waals surface area contributed by atoms with E-state index in [1.54, 1.807) is 0 Å². The topological polar surface area (TPSA) is 70.8 Å². The van der Waals surface area contributed by atoms with Gasteiger partial charge in [-0.25, -0.2) is 4.98 Å². The molecule has 0 aliphatic heterocycles. The van der Waals surface area contributed by atoms with Gasteiger partial charge in [0.2, 0.25) is 5.89 Å². The highest BCUT2D eigenvalue weighted by atomic mass is 35.5. The van der Waals surface area contributed by atoms with Gasteiger partial charge in [0.05, 0.1) is 30.0 Å². The molecule has 2 aromatic heterocycles. The van der Waals surface area contributed by atoms with Crippen LogP contribution in [0.2, 0.25) is 5.02 Å². The molecular formula is C25H22ClN5O. The lowest BCUT2D eigenvalue weighted by atomic mass is 9.91. The molecule has 7 heteroatoms. The maximum Gasteiger partial charge on any atom is 0.240 e. The Morgan fingerprint density at radius 1 is 0.906 bits per heavy atom. The molecule has 5 aromatic rings. The van der Waals surface area contributed by atoms with Gasteiger partial charge in [0.15, 0.2) is 5.82 Å². The normalized spacial score (nSPS) is 11.6. The Bertz CT molecular complexity index is 1280. The molecule has 0 fully saturated rings. The lowest BCUT2D eigenvalue weighted by Gasteiger charge is -2.14. The number of H-pyrrole nitrogens is 1. The summed E-state index contributed by atoms with van der Waals surface area (Å²) >= 11 is 6.07. The van der Waals surface area contributed by atoms with Crippen molar-refractivity contribution in [3.05, 3.63) is 113 Å². The van der Waals surface area contributed by atoms with Crippen LogP contribution in [-0.2, 0) is 13.1 Å². The van der Waals surface area contributed by atoms with E-state index >= 15 is 0 Å². The highest BCUT2D eigenvalue weighted by Gasteiger charge is 2.22. The largest absolute Gasteiger partial charge is 0.341 e. The summed E-state index contributed by atoms with van der Waals surface area (Å²) < 4.78 is 5.62. The highest BCUT2D eigenvalue weighted by molar-refractivity contribution is 6.31. The summed E-state index contributed by atoms with van der Waals surface area (Å²) in [6.07, 6.45) is 0. The third kappa shape index (κ3) is 4.42. The standard InChI is InChI=1S/C25H22ClN5O/c1-31(15-22-27-20-13-12-19(26)14-21(20)28-22)16-23-29-25(30-32-23)24(17-8-4-2-5-9-17)18-10-6-3-7-11-18/h2-14,24H,15-16H2,1H3,(H,27,28). The molecule has 0 atom stereocenters. The first-order valence-corrected chi connectivity index (χ1v) is 10.8. The minimum atomic E-state index is -0.0830. The van der Waals surface area contributed by atoms with E-state index in [2.05, 4.69) is 44.3 Å². The Morgan fingerprint density at radius 2 is 1.59 bits per heavy atom. The number of rotatable bonds is 7. The molecule has 160 valence electrons. The Hall–Kier alpha value is -3.48. The van der Waals surface area contributed by atoms with E-state index in [1.165, 1.54) is 0 Å². The van der Waals surface area contributed by atoms with Crippen molar-refractivity contribution in [3.63, 3.8) is 0 Å². The van der Waals surface area contributed by atoms with Gasteiger partial charge in [0.25, 0.3) is 0 Å². The first-order chi connectivity index (χ1) is 15.7. The maximum atomic E-state index is 6.07. The minimum Gasteiger partial charge on any atom is -0.341 e. The number of imidazole rings is 1. The number of halogens is 1. The number of aromatic amines is 1. The van der Waals surface area contributed by atoms with Gasteiger partial charge in [-0.15, -0.1) is 0 Å². The molecule has 0 aliphatic rings. The van der Waals surface area contributed by atoms with Crippen LogP contribution in [0, 0.1) is 0 Å². The minimum absolute atomic E-state index is 0.0830. The van der Waals surface area contributed by atoms with Crippen LogP contribution in [0.25, 0.3) is 11.0 Å². The van der Waals surface area contributed by atoms with E-state index in [-0.39, 0.29) is 5.92 Å². The SMILES string of the molecule is CN(Cc1nc2ccc(Cl)cc2[nH]1)Cc1nc(C(c2ccccc2)c2ccccc2)no1. The predicted octanol–water partition coefficient (Wildman–Crippen LogP) is 5.41. The zero-order valence-corrected chi connectivity index (χ0v) is 18.3. The van der Waals surface area contributed by atoms with Crippen LogP contribution < -0.4 is 0 Å². The summed E-state index contributed by atoms with van der Waals surface area (Å²) in [5, 5.41) is 5.01. The average Bonchev–Trinajstić information content (AvgIpc) is 3.41. The van der Waals surface area contributed by atoms with Crippen LogP contribution >= 0.6 is 11.6 Å². The molecule has 3 aromatic carbocycles. The molecular weight excluding hydrogens is 422 g/mol. The molecule has 0 aliphatic carbocycles. The van der Waals surface area contributed by atoms with Gasteiger partial charge >= 0.3 is 0 Å². The molecule has 0 unspecified atom stereocenters.